The zero-order chi connectivity index (χ0) is 14.1. The first kappa shape index (κ1) is 12.8. The van der Waals surface area contributed by atoms with Gasteiger partial charge in [0.2, 0.25) is 5.76 Å². The summed E-state index contributed by atoms with van der Waals surface area (Å²) in [7, 11) is 1.62. The molecule has 3 aromatic rings. The number of hydrogen-bond donors (Lipinski definition) is 1. The first-order chi connectivity index (χ1) is 9.69. The number of nitrogens with zero attached hydrogens (tertiary/aromatic N) is 1. The second-order valence-corrected chi connectivity index (χ2v) is 4.89. The third-order valence-corrected chi connectivity index (χ3v) is 3.32. The lowest BCUT2D eigenvalue weighted by atomic mass is 10.0. The first-order valence-electron chi connectivity index (χ1n) is 5.84. The molecule has 0 unspecified atom stereocenters. The van der Waals surface area contributed by atoms with Gasteiger partial charge in [0.25, 0.3) is 0 Å². The minimum Gasteiger partial charge on any atom is -0.497 e. The van der Waals surface area contributed by atoms with Crippen LogP contribution in [0.3, 0.4) is 0 Å². The van der Waals surface area contributed by atoms with Crippen LogP contribution in [0.2, 0.25) is 0 Å². The van der Waals surface area contributed by atoms with Crippen molar-refractivity contribution in [2.75, 3.05) is 12.8 Å². The van der Waals surface area contributed by atoms with Crippen molar-refractivity contribution >= 4 is 21.7 Å². The van der Waals surface area contributed by atoms with Crippen molar-refractivity contribution in [3.05, 3.63) is 41.1 Å². The molecule has 0 radical (unpaired) electrons. The van der Waals surface area contributed by atoms with Gasteiger partial charge in [-0.2, -0.15) is 0 Å². The average molecular weight is 335 g/mol. The van der Waals surface area contributed by atoms with E-state index in [0.717, 1.165) is 11.3 Å². The Balaban J connectivity index is 2.10. The van der Waals surface area contributed by atoms with Gasteiger partial charge in [-0.05, 0) is 45.8 Å². The maximum absolute atomic E-state index is 5.90. The van der Waals surface area contributed by atoms with Gasteiger partial charge in [-0.25, -0.2) is 0 Å². The fourth-order valence-electron chi connectivity index (χ4n) is 1.94. The number of ether oxygens (including phenoxy) is 1. The van der Waals surface area contributed by atoms with E-state index in [4.69, 9.17) is 19.4 Å². The van der Waals surface area contributed by atoms with Crippen LogP contribution in [0, 0.1) is 0 Å². The van der Waals surface area contributed by atoms with Crippen molar-refractivity contribution in [3.63, 3.8) is 0 Å². The maximum Gasteiger partial charge on any atom is 0.212 e. The zero-order valence-corrected chi connectivity index (χ0v) is 12.2. The molecule has 0 spiro atoms. The van der Waals surface area contributed by atoms with Crippen LogP contribution in [-0.2, 0) is 0 Å². The van der Waals surface area contributed by atoms with Gasteiger partial charge in [-0.1, -0.05) is 17.3 Å². The largest absolute Gasteiger partial charge is 0.497 e. The fourth-order valence-corrected chi connectivity index (χ4v) is 2.25. The summed E-state index contributed by atoms with van der Waals surface area (Å²) >= 11 is 3.26. The van der Waals surface area contributed by atoms with E-state index in [2.05, 4.69) is 21.1 Å². The van der Waals surface area contributed by atoms with E-state index in [1.807, 2.05) is 24.3 Å². The maximum atomic E-state index is 5.90. The van der Waals surface area contributed by atoms with E-state index in [1.54, 1.807) is 19.2 Å². The normalized spacial score (nSPS) is 10.7. The van der Waals surface area contributed by atoms with Crippen LogP contribution < -0.4 is 10.5 Å². The Hall–Kier alpha value is -2.21. The topological polar surface area (TPSA) is 74.4 Å². The van der Waals surface area contributed by atoms with E-state index in [-0.39, 0.29) is 0 Å². The van der Waals surface area contributed by atoms with Crippen molar-refractivity contribution in [3.8, 4) is 28.4 Å². The Morgan fingerprint density at radius 1 is 1.15 bits per heavy atom. The van der Waals surface area contributed by atoms with E-state index in [0.29, 0.717) is 27.6 Å². The van der Waals surface area contributed by atoms with Gasteiger partial charge in [-0.3, -0.25) is 0 Å². The molecule has 102 valence electrons. The number of halogens is 1. The van der Waals surface area contributed by atoms with Crippen LogP contribution in [0.1, 0.15) is 0 Å². The molecule has 0 atom stereocenters. The van der Waals surface area contributed by atoms with E-state index in [9.17, 15) is 0 Å². The quantitative estimate of drug-likeness (QED) is 0.784. The predicted molar refractivity (Wildman–Crippen MR) is 78.3 cm³/mol. The highest BCUT2D eigenvalue weighted by molar-refractivity contribution is 9.10. The second kappa shape index (κ2) is 5.05. The third-order valence-electron chi connectivity index (χ3n) is 2.89. The van der Waals surface area contributed by atoms with Gasteiger partial charge < -0.3 is 19.4 Å². The second-order valence-electron chi connectivity index (χ2n) is 4.10. The fraction of sp³-hybridized carbons (Fsp3) is 0.0714. The molecule has 0 fully saturated rings. The smallest absolute Gasteiger partial charge is 0.212 e. The van der Waals surface area contributed by atoms with Crippen molar-refractivity contribution in [1.29, 1.82) is 0 Å². The van der Waals surface area contributed by atoms with E-state index >= 15 is 0 Å². The SMILES string of the molecule is COc1ccc(-c2c(N)noc2-c2ccc(Br)o2)cc1. The van der Waals surface area contributed by atoms with Crippen LogP contribution in [0.5, 0.6) is 5.75 Å². The van der Waals surface area contributed by atoms with Gasteiger partial charge in [0.1, 0.15) is 5.75 Å². The molecule has 0 amide bonds. The average Bonchev–Trinajstić information content (AvgIpc) is 3.05. The molecule has 0 aliphatic heterocycles. The molecule has 6 heteroatoms. The standard InChI is InChI=1S/C14H11BrN2O3/c1-18-9-4-2-8(3-5-9)12-13(20-17-14(12)16)10-6-7-11(15)19-10/h2-7H,1H3,(H2,16,17). The van der Waals surface area contributed by atoms with Crippen molar-refractivity contribution in [2.45, 2.75) is 0 Å². The van der Waals surface area contributed by atoms with Crippen LogP contribution in [0.15, 0.2) is 50.0 Å². The van der Waals surface area contributed by atoms with Gasteiger partial charge in [0.05, 0.1) is 12.7 Å². The Morgan fingerprint density at radius 3 is 2.50 bits per heavy atom. The molecule has 0 saturated heterocycles. The highest BCUT2D eigenvalue weighted by Crippen LogP contribution is 2.38. The summed E-state index contributed by atoms with van der Waals surface area (Å²) in [6.45, 7) is 0. The molecular weight excluding hydrogens is 324 g/mol. The summed E-state index contributed by atoms with van der Waals surface area (Å²) in [4.78, 5) is 0. The molecule has 0 aliphatic rings. The Labute approximate surface area is 123 Å². The van der Waals surface area contributed by atoms with Gasteiger partial charge >= 0.3 is 0 Å². The number of hydrogen-bond acceptors (Lipinski definition) is 5. The number of nitrogen functional groups attached to an aromatic ring is 1. The molecule has 0 bridgehead atoms. The molecule has 0 saturated carbocycles. The number of furan rings is 1. The Morgan fingerprint density at radius 2 is 1.90 bits per heavy atom. The summed E-state index contributed by atoms with van der Waals surface area (Å²) in [6, 6.07) is 11.1. The lowest BCUT2D eigenvalue weighted by molar-refractivity contribution is 0.415. The highest BCUT2D eigenvalue weighted by atomic mass is 79.9. The van der Waals surface area contributed by atoms with Gasteiger partial charge in [0, 0.05) is 0 Å². The molecule has 2 N–H and O–H groups in total. The minimum absolute atomic E-state index is 0.317. The summed E-state index contributed by atoms with van der Waals surface area (Å²) in [5, 5.41) is 3.82. The summed E-state index contributed by atoms with van der Waals surface area (Å²) in [5.74, 6) is 2.15. The van der Waals surface area contributed by atoms with Crippen molar-refractivity contribution in [1.82, 2.24) is 5.16 Å². The van der Waals surface area contributed by atoms with Gasteiger partial charge in [0.15, 0.2) is 16.2 Å². The number of aromatic nitrogens is 1. The zero-order valence-electron chi connectivity index (χ0n) is 10.6. The summed E-state index contributed by atoms with van der Waals surface area (Å²) in [5.41, 5.74) is 7.48. The number of methoxy groups -OCH3 is 1. The number of nitrogens with two attached hydrogens (primary N) is 1. The minimum atomic E-state index is 0.317. The number of rotatable bonds is 3. The van der Waals surface area contributed by atoms with Crippen LogP contribution in [0.25, 0.3) is 22.6 Å². The Kier molecular flexibility index (Phi) is 3.23. The highest BCUT2D eigenvalue weighted by Gasteiger charge is 2.20. The Bertz CT molecular complexity index is 731. The van der Waals surface area contributed by atoms with E-state index < -0.39 is 0 Å². The number of benzene rings is 1. The number of anilines is 1. The monoisotopic (exact) mass is 334 g/mol. The molecule has 5 nitrogen and oxygen atoms in total. The van der Waals surface area contributed by atoms with Crippen molar-refractivity contribution in [2.24, 2.45) is 0 Å². The molecule has 2 heterocycles. The summed E-state index contributed by atoms with van der Waals surface area (Å²) < 4.78 is 16.5. The van der Waals surface area contributed by atoms with Crippen LogP contribution in [0.4, 0.5) is 5.82 Å². The molecule has 3 rings (SSSR count). The molecule has 1 aromatic carbocycles. The van der Waals surface area contributed by atoms with Gasteiger partial charge in [-0.15, -0.1) is 0 Å². The van der Waals surface area contributed by atoms with Crippen LogP contribution >= 0.6 is 15.9 Å². The van der Waals surface area contributed by atoms with E-state index in [1.165, 1.54) is 0 Å². The predicted octanol–water partition coefficient (Wildman–Crippen LogP) is 3.95. The third kappa shape index (κ3) is 2.18. The first-order valence-corrected chi connectivity index (χ1v) is 6.63. The molecule has 20 heavy (non-hydrogen) atoms. The lowest BCUT2D eigenvalue weighted by Crippen LogP contribution is -1.89. The van der Waals surface area contributed by atoms with Crippen molar-refractivity contribution < 1.29 is 13.7 Å². The summed E-state index contributed by atoms with van der Waals surface area (Å²) in [6.07, 6.45) is 0. The lowest BCUT2D eigenvalue weighted by Gasteiger charge is -2.03. The molecular formula is C14H11BrN2O3. The molecule has 2 aromatic heterocycles. The van der Waals surface area contributed by atoms with Crippen LogP contribution in [-0.4, -0.2) is 12.3 Å². The molecule has 0 aliphatic carbocycles.